The Morgan fingerprint density at radius 3 is 2.10 bits per heavy atom. The fourth-order valence-electron chi connectivity index (χ4n) is 2.02. The summed E-state index contributed by atoms with van der Waals surface area (Å²) in [7, 11) is 0. The summed E-state index contributed by atoms with van der Waals surface area (Å²) >= 11 is 0. The first-order chi connectivity index (χ1) is 10.1. The molecule has 2 aromatic carbocycles. The highest BCUT2D eigenvalue weighted by atomic mass is 16.4. The third-order valence-electron chi connectivity index (χ3n) is 2.85. The van der Waals surface area contributed by atoms with Gasteiger partial charge in [0.15, 0.2) is 0 Å². The molecular weight excluding hydrogens is 274 g/mol. The van der Waals surface area contributed by atoms with Crippen molar-refractivity contribution in [2.24, 2.45) is 5.11 Å². The van der Waals surface area contributed by atoms with Gasteiger partial charge >= 0.3 is 11.9 Å². The normalized spacial score (nSPS) is 9.71. The van der Waals surface area contributed by atoms with Crippen LogP contribution in [0.3, 0.4) is 0 Å². The van der Waals surface area contributed by atoms with Gasteiger partial charge in [-0.15, -0.1) is 0 Å². The number of carboxylic acid groups (broad SMARTS) is 2. The van der Waals surface area contributed by atoms with Gasteiger partial charge in [-0.05, 0) is 16.7 Å². The predicted molar refractivity (Wildman–Crippen MR) is 74.6 cm³/mol. The van der Waals surface area contributed by atoms with Crippen molar-refractivity contribution >= 4 is 17.6 Å². The summed E-state index contributed by atoms with van der Waals surface area (Å²) < 4.78 is 0. The van der Waals surface area contributed by atoms with Crippen molar-refractivity contribution in [3.8, 4) is 11.1 Å². The van der Waals surface area contributed by atoms with Crippen molar-refractivity contribution < 1.29 is 19.8 Å². The van der Waals surface area contributed by atoms with Crippen molar-refractivity contribution in [1.29, 1.82) is 0 Å². The van der Waals surface area contributed by atoms with Crippen LogP contribution < -0.4 is 0 Å². The van der Waals surface area contributed by atoms with E-state index < -0.39 is 23.1 Å². The van der Waals surface area contributed by atoms with Crippen LogP contribution in [-0.2, 0) is 0 Å². The Bertz CT molecular complexity index is 765. The lowest BCUT2D eigenvalue weighted by atomic mass is 9.94. The summed E-state index contributed by atoms with van der Waals surface area (Å²) in [6, 6.07) is 11.2. The van der Waals surface area contributed by atoms with E-state index in [0.29, 0.717) is 5.56 Å². The quantitative estimate of drug-likeness (QED) is 0.504. The van der Waals surface area contributed by atoms with Gasteiger partial charge in [-0.2, -0.15) is 0 Å². The van der Waals surface area contributed by atoms with E-state index in [0.717, 1.165) is 0 Å². The van der Waals surface area contributed by atoms with Crippen LogP contribution in [0.5, 0.6) is 0 Å². The van der Waals surface area contributed by atoms with E-state index in [-0.39, 0.29) is 11.3 Å². The van der Waals surface area contributed by atoms with Crippen LogP contribution in [0.15, 0.2) is 47.6 Å². The number of nitrogens with zero attached hydrogens (tertiary/aromatic N) is 3. The molecule has 0 saturated heterocycles. The van der Waals surface area contributed by atoms with Gasteiger partial charge in [-0.25, -0.2) is 9.59 Å². The van der Waals surface area contributed by atoms with Gasteiger partial charge in [0.05, 0.1) is 16.8 Å². The van der Waals surface area contributed by atoms with Crippen LogP contribution in [0.25, 0.3) is 21.6 Å². The average molecular weight is 283 g/mol. The van der Waals surface area contributed by atoms with Crippen molar-refractivity contribution in [2.45, 2.75) is 0 Å². The molecule has 0 unspecified atom stereocenters. The predicted octanol–water partition coefficient (Wildman–Crippen LogP) is 3.69. The van der Waals surface area contributed by atoms with E-state index in [1.54, 1.807) is 30.3 Å². The standard InChI is InChI=1S/C14H9N3O4/c15-17-16-10-7-6-9(8-4-2-1-3-5-8)11(13(18)19)12(10)14(20)21/h1-7H,(H,18,19)(H,20,21). The minimum Gasteiger partial charge on any atom is -0.478 e. The fourth-order valence-corrected chi connectivity index (χ4v) is 2.02. The fraction of sp³-hybridized carbons (Fsp3) is 0. The third kappa shape index (κ3) is 2.68. The Hall–Kier alpha value is -3.31. The first kappa shape index (κ1) is 14.1. The Balaban J connectivity index is 2.85. The molecule has 0 aliphatic carbocycles. The van der Waals surface area contributed by atoms with Crippen LogP contribution >= 0.6 is 0 Å². The summed E-state index contributed by atoms with van der Waals surface area (Å²) in [5, 5.41) is 21.8. The van der Waals surface area contributed by atoms with Crippen LogP contribution in [0.1, 0.15) is 20.7 Å². The molecule has 0 spiro atoms. The number of rotatable bonds is 4. The van der Waals surface area contributed by atoms with E-state index in [4.69, 9.17) is 5.53 Å². The van der Waals surface area contributed by atoms with E-state index in [1.807, 2.05) is 0 Å². The molecule has 2 N–H and O–H groups in total. The largest absolute Gasteiger partial charge is 0.478 e. The van der Waals surface area contributed by atoms with Gasteiger partial charge in [-0.3, -0.25) is 0 Å². The number of aromatic carboxylic acids is 2. The highest BCUT2D eigenvalue weighted by Gasteiger charge is 2.24. The van der Waals surface area contributed by atoms with E-state index in [2.05, 4.69) is 10.0 Å². The average Bonchev–Trinajstić information content (AvgIpc) is 2.47. The zero-order valence-corrected chi connectivity index (χ0v) is 10.6. The molecule has 2 rings (SSSR count). The molecule has 0 amide bonds. The van der Waals surface area contributed by atoms with Gasteiger partial charge < -0.3 is 10.2 Å². The molecule has 0 aromatic heterocycles. The number of benzene rings is 2. The van der Waals surface area contributed by atoms with Gasteiger partial charge in [0, 0.05) is 4.91 Å². The second-order valence-corrected chi connectivity index (χ2v) is 4.05. The number of hydrogen-bond donors (Lipinski definition) is 2. The highest BCUT2D eigenvalue weighted by Crippen LogP contribution is 2.32. The molecule has 0 aliphatic rings. The molecule has 104 valence electrons. The van der Waals surface area contributed by atoms with Crippen LogP contribution in [-0.4, -0.2) is 22.2 Å². The smallest absolute Gasteiger partial charge is 0.337 e. The second-order valence-electron chi connectivity index (χ2n) is 4.05. The Kier molecular flexibility index (Phi) is 3.87. The van der Waals surface area contributed by atoms with Gasteiger partial charge in [0.1, 0.15) is 0 Å². The summed E-state index contributed by atoms with van der Waals surface area (Å²) in [5.74, 6) is -2.87. The molecule has 0 radical (unpaired) electrons. The van der Waals surface area contributed by atoms with Gasteiger partial charge in [0.2, 0.25) is 0 Å². The molecule has 2 aromatic rings. The SMILES string of the molecule is [N-]=[N+]=Nc1ccc(-c2ccccc2)c(C(=O)O)c1C(=O)O. The molecule has 0 saturated carbocycles. The van der Waals surface area contributed by atoms with Crippen molar-refractivity contribution in [3.63, 3.8) is 0 Å². The maximum atomic E-state index is 11.5. The Morgan fingerprint density at radius 2 is 1.57 bits per heavy atom. The van der Waals surface area contributed by atoms with Crippen LogP contribution in [0, 0.1) is 0 Å². The van der Waals surface area contributed by atoms with Gasteiger partial charge in [0.25, 0.3) is 0 Å². The molecule has 0 fully saturated rings. The maximum absolute atomic E-state index is 11.5. The number of hydrogen-bond acceptors (Lipinski definition) is 3. The van der Waals surface area contributed by atoms with Gasteiger partial charge in [-0.1, -0.05) is 47.6 Å². The van der Waals surface area contributed by atoms with Crippen LogP contribution in [0.2, 0.25) is 0 Å². The molecule has 7 nitrogen and oxygen atoms in total. The lowest BCUT2D eigenvalue weighted by molar-refractivity contribution is 0.0653. The van der Waals surface area contributed by atoms with Crippen molar-refractivity contribution in [1.82, 2.24) is 0 Å². The summed E-state index contributed by atoms with van der Waals surface area (Å²) in [5.41, 5.74) is 8.10. The Morgan fingerprint density at radius 1 is 0.952 bits per heavy atom. The summed E-state index contributed by atoms with van der Waals surface area (Å²) in [6.07, 6.45) is 0. The summed E-state index contributed by atoms with van der Waals surface area (Å²) in [4.78, 5) is 25.4. The molecule has 0 bridgehead atoms. The van der Waals surface area contributed by atoms with Crippen molar-refractivity contribution in [2.75, 3.05) is 0 Å². The van der Waals surface area contributed by atoms with E-state index in [9.17, 15) is 19.8 Å². The zero-order valence-electron chi connectivity index (χ0n) is 10.6. The van der Waals surface area contributed by atoms with E-state index in [1.165, 1.54) is 12.1 Å². The Labute approximate surface area is 118 Å². The molecule has 21 heavy (non-hydrogen) atoms. The topological polar surface area (TPSA) is 123 Å². The first-order valence-electron chi connectivity index (χ1n) is 5.80. The molecule has 0 aliphatic heterocycles. The summed E-state index contributed by atoms with van der Waals surface area (Å²) in [6.45, 7) is 0. The lowest BCUT2D eigenvalue weighted by Crippen LogP contribution is -2.10. The highest BCUT2D eigenvalue weighted by molar-refractivity contribution is 6.09. The minimum absolute atomic E-state index is 0.234. The molecular formula is C14H9N3O4. The molecule has 7 heteroatoms. The first-order valence-corrected chi connectivity index (χ1v) is 5.80. The zero-order chi connectivity index (χ0) is 15.4. The van der Waals surface area contributed by atoms with Crippen molar-refractivity contribution in [3.05, 3.63) is 64.0 Å². The maximum Gasteiger partial charge on any atom is 0.337 e. The monoisotopic (exact) mass is 283 g/mol. The number of azide groups is 1. The number of carboxylic acids is 2. The van der Waals surface area contributed by atoms with Crippen LogP contribution in [0.4, 0.5) is 5.69 Å². The lowest BCUT2D eigenvalue weighted by Gasteiger charge is -2.11. The molecule has 0 atom stereocenters. The third-order valence-corrected chi connectivity index (χ3v) is 2.85. The molecule has 0 heterocycles. The second kappa shape index (κ2) is 5.77. The minimum atomic E-state index is -1.47. The number of carbonyl (C=O) groups is 2. The van der Waals surface area contributed by atoms with E-state index >= 15 is 0 Å².